The van der Waals surface area contributed by atoms with Gasteiger partial charge in [0, 0.05) is 21.9 Å². The molecule has 0 aliphatic carbocycles. The maximum atomic E-state index is 6.21. The fourth-order valence-electron chi connectivity index (χ4n) is 2.56. The Morgan fingerprint density at radius 1 is 1.28 bits per heavy atom. The Balaban J connectivity index is 1.80. The number of ether oxygens (including phenoxy) is 1. The van der Waals surface area contributed by atoms with Crippen LogP contribution in [0.1, 0.15) is 16.0 Å². The van der Waals surface area contributed by atoms with Crippen molar-refractivity contribution >= 4 is 28.8 Å². The topological polar surface area (TPSA) is 59.9 Å². The highest BCUT2D eigenvalue weighted by molar-refractivity contribution is 7.99. The van der Waals surface area contributed by atoms with Crippen LogP contribution in [0.3, 0.4) is 0 Å². The predicted molar refractivity (Wildman–Crippen MR) is 102 cm³/mol. The van der Waals surface area contributed by atoms with Crippen LogP contribution in [-0.4, -0.2) is 20.9 Å². The molecule has 3 heterocycles. The Labute approximate surface area is 154 Å². The summed E-state index contributed by atoms with van der Waals surface area (Å²) < 4.78 is 6.21. The summed E-state index contributed by atoms with van der Waals surface area (Å²) in [5.41, 5.74) is 2.55. The number of thioether (sulfide) groups is 1. The fourth-order valence-corrected chi connectivity index (χ4v) is 3.94. The molecule has 25 heavy (non-hydrogen) atoms. The second-order valence-corrected chi connectivity index (χ2v) is 7.79. The standard InChI is InChI=1S/C18H16N4OS2/c1-3-10-24-18-20-17-15(21-22-18)12-6-4-5-7-13(12)19-16(23-17)14-9-8-11(2)25-14/h3-9,16,19H,1,10H2,2H3/t16-/m1/s1. The van der Waals surface area contributed by atoms with Gasteiger partial charge >= 0.3 is 0 Å². The molecule has 0 saturated carbocycles. The lowest BCUT2D eigenvalue weighted by molar-refractivity contribution is 0.229. The maximum Gasteiger partial charge on any atom is 0.247 e. The van der Waals surface area contributed by atoms with Gasteiger partial charge in [-0.1, -0.05) is 36.0 Å². The SMILES string of the molecule is C=CCSc1nnc2c(n1)O[C@H](c1ccc(C)s1)Nc1ccccc1-2. The molecule has 5 nitrogen and oxygen atoms in total. The van der Waals surface area contributed by atoms with Crippen LogP contribution in [-0.2, 0) is 0 Å². The van der Waals surface area contributed by atoms with E-state index in [-0.39, 0.29) is 6.23 Å². The highest BCUT2D eigenvalue weighted by Gasteiger charge is 2.26. The van der Waals surface area contributed by atoms with Gasteiger partial charge in [0.05, 0.1) is 4.88 Å². The largest absolute Gasteiger partial charge is 0.447 e. The van der Waals surface area contributed by atoms with E-state index in [4.69, 9.17) is 4.74 Å². The minimum Gasteiger partial charge on any atom is -0.447 e. The van der Waals surface area contributed by atoms with E-state index >= 15 is 0 Å². The van der Waals surface area contributed by atoms with Crippen molar-refractivity contribution in [1.29, 1.82) is 0 Å². The van der Waals surface area contributed by atoms with Crippen LogP contribution in [0.2, 0.25) is 0 Å². The number of hydrogen-bond donors (Lipinski definition) is 1. The summed E-state index contributed by atoms with van der Waals surface area (Å²) in [6.07, 6.45) is 1.50. The lowest BCUT2D eigenvalue weighted by Gasteiger charge is -2.17. The second-order valence-electron chi connectivity index (χ2n) is 5.48. The van der Waals surface area contributed by atoms with E-state index in [1.807, 2.05) is 30.3 Å². The molecule has 1 atom stereocenters. The fraction of sp³-hybridized carbons (Fsp3) is 0.167. The number of nitrogens with one attached hydrogen (secondary N) is 1. The van der Waals surface area contributed by atoms with Crippen molar-refractivity contribution in [3.05, 3.63) is 58.8 Å². The lowest BCUT2D eigenvalue weighted by Crippen LogP contribution is -2.15. The van der Waals surface area contributed by atoms with Crippen LogP contribution in [0.4, 0.5) is 5.69 Å². The first-order chi connectivity index (χ1) is 12.2. The molecule has 1 aromatic carbocycles. The highest BCUT2D eigenvalue weighted by Crippen LogP contribution is 2.40. The number of hydrogen-bond acceptors (Lipinski definition) is 7. The number of para-hydroxylation sites is 1. The van der Waals surface area contributed by atoms with E-state index in [9.17, 15) is 0 Å². The molecule has 0 fully saturated rings. The van der Waals surface area contributed by atoms with Gasteiger partial charge in [-0.05, 0) is 25.1 Å². The predicted octanol–water partition coefficient (Wildman–Crippen LogP) is 4.69. The van der Waals surface area contributed by atoms with Crippen LogP contribution in [0.15, 0.2) is 54.2 Å². The third-order valence-electron chi connectivity index (χ3n) is 3.68. The van der Waals surface area contributed by atoms with Gasteiger partial charge in [-0.15, -0.1) is 28.1 Å². The molecule has 3 aromatic rings. The van der Waals surface area contributed by atoms with Crippen molar-refractivity contribution in [2.24, 2.45) is 0 Å². The normalized spacial score (nSPS) is 15.3. The summed E-state index contributed by atoms with van der Waals surface area (Å²) in [7, 11) is 0. The quantitative estimate of drug-likeness (QED) is 0.532. The molecule has 0 amide bonds. The van der Waals surface area contributed by atoms with E-state index in [0.29, 0.717) is 16.7 Å². The first kappa shape index (κ1) is 16.1. The average Bonchev–Trinajstić information content (AvgIpc) is 2.99. The third kappa shape index (κ3) is 3.25. The van der Waals surface area contributed by atoms with E-state index in [1.54, 1.807) is 11.3 Å². The zero-order chi connectivity index (χ0) is 17.2. The van der Waals surface area contributed by atoms with Gasteiger partial charge in [0.25, 0.3) is 0 Å². The van der Waals surface area contributed by atoms with Crippen molar-refractivity contribution in [2.45, 2.75) is 18.3 Å². The molecule has 4 rings (SSSR count). The molecule has 0 saturated heterocycles. The molecule has 0 bridgehead atoms. The Bertz CT molecular complexity index is 925. The van der Waals surface area contributed by atoms with Gasteiger partial charge in [0.2, 0.25) is 17.3 Å². The minimum absolute atomic E-state index is 0.310. The van der Waals surface area contributed by atoms with E-state index in [0.717, 1.165) is 21.9 Å². The van der Waals surface area contributed by atoms with Crippen LogP contribution >= 0.6 is 23.1 Å². The van der Waals surface area contributed by atoms with Crippen molar-refractivity contribution in [1.82, 2.24) is 15.2 Å². The Hall–Kier alpha value is -2.38. The molecule has 1 aliphatic rings. The van der Waals surface area contributed by atoms with Gasteiger partial charge < -0.3 is 10.1 Å². The van der Waals surface area contributed by atoms with Gasteiger partial charge in [-0.2, -0.15) is 4.98 Å². The number of thiophene rings is 1. The summed E-state index contributed by atoms with van der Waals surface area (Å²) in [5.74, 6) is 1.22. The Morgan fingerprint density at radius 2 is 2.16 bits per heavy atom. The first-order valence-corrected chi connectivity index (χ1v) is 9.62. The number of anilines is 1. The van der Waals surface area contributed by atoms with Gasteiger partial charge in [-0.3, -0.25) is 0 Å². The Morgan fingerprint density at radius 3 is 2.96 bits per heavy atom. The average molecular weight is 368 g/mol. The molecule has 2 aromatic heterocycles. The Kier molecular flexibility index (Phi) is 4.42. The van der Waals surface area contributed by atoms with E-state index in [1.165, 1.54) is 16.6 Å². The number of aromatic nitrogens is 3. The van der Waals surface area contributed by atoms with E-state index < -0.39 is 0 Å². The van der Waals surface area contributed by atoms with E-state index in [2.05, 4.69) is 46.1 Å². The number of rotatable bonds is 4. The zero-order valence-corrected chi connectivity index (χ0v) is 15.2. The molecular weight excluding hydrogens is 352 g/mol. The number of aryl methyl sites for hydroxylation is 1. The molecule has 0 spiro atoms. The number of benzene rings is 1. The first-order valence-electron chi connectivity index (χ1n) is 7.82. The molecule has 1 N–H and O–H groups in total. The van der Waals surface area contributed by atoms with Crippen LogP contribution < -0.4 is 10.1 Å². The van der Waals surface area contributed by atoms with Crippen molar-refractivity contribution < 1.29 is 4.74 Å². The summed E-state index contributed by atoms with van der Waals surface area (Å²) in [5, 5.41) is 12.6. The summed E-state index contributed by atoms with van der Waals surface area (Å²) >= 11 is 3.18. The monoisotopic (exact) mass is 368 g/mol. The third-order valence-corrected chi connectivity index (χ3v) is 5.56. The summed E-state index contributed by atoms with van der Waals surface area (Å²) in [6, 6.07) is 12.1. The van der Waals surface area contributed by atoms with Crippen molar-refractivity contribution in [3.8, 4) is 17.1 Å². The molecular formula is C18H16N4OS2. The zero-order valence-electron chi connectivity index (χ0n) is 13.6. The number of nitrogens with zero attached hydrogens (tertiary/aromatic N) is 3. The summed E-state index contributed by atoms with van der Waals surface area (Å²) in [4.78, 5) is 6.91. The maximum absolute atomic E-state index is 6.21. The van der Waals surface area contributed by atoms with Crippen LogP contribution in [0, 0.1) is 6.92 Å². The summed E-state index contributed by atoms with van der Waals surface area (Å²) in [6.45, 7) is 5.81. The van der Waals surface area contributed by atoms with Crippen molar-refractivity contribution in [2.75, 3.05) is 11.1 Å². The van der Waals surface area contributed by atoms with Gasteiger partial charge in [0.1, 0.15) is 0 Å². The molecule has 126 valence electrons. The van der Waals surface area contributed by atoms with Gasteiger partial charge in [0.15, 0.2) is 5.69 Å². The highest BCUT2D eigenvalue weighted by atomic mass is 32.2. The van der Waals surface area contributed by atoms with Crippen LogP contribution in [0.25, 0.3) is 11.3 Å². The van der Waals surface area contributed by atoms with Gasteiger partial charge in [-0.25, -0.2) is 0 Å². The number of fused-ring (bicyclic) bond motifs is 3. The van der Waals surface area contributed by atoms with Crippen molar-refractivity contribution in [3.63, 3.8) is 0 Å². The lowest BCUT2D eigenvalue weighted by atomic mass is 10.1. The molecule has 1 aliphatic heterocycles. The smallest absolute Gasteiger partial charge is 0.247 e. The molecule has 7 heteroatoms. The minimum atomic E-state index is -0.310. The molecule has 0 unspecified atom stereocenters. The molecule has 0 radical (unpaired) electrons. The second kappa shape index (κ2) is 6.85. The van der Waals surface area contributed by atoms with Crippen LogP contribution in [0.5, 0.6) is 5.88 Å².